The van der Waals surface area contributed by atoms with E-state index in [0.29, 0.717) is 27.0 Å². The number of hydrogen-bond donors (Lipinski definition) is 3. The van der Waals surface area contributed by atoms with Crippen LogP contribution >= 0.6 is 23.2 Å². The van der Waals surface area contributed by atoms with Gasteiger partial charge in [0.2, 0.25) is 0 Å². The van der Waals surface area contributed by atoms with Gasteiger partial charge >= 0.3 is 6.03 Å². The van der Waals surface area contributed by atoms with E-state index in [1.54, 1.807) is 42.7 Å². The number of hydrogen-bond acceptors (Lipinski definition) is 4. The van der Waals surface area contributed by atoms with Crippen LogP contribution in [0.15, 0.2) is 66.0 Å². The number of aromatic nitrogens is 2. The summed E-state index contributed by atoms with van der Waals surface area (Å²) in [5.41, 5.74) is 3.66. The molecular formula is C21H14Cl2FN5O2. The van der Waals surface area contributed by atoms with Crippen molar-refractivity contribution < 1.29 is 13.9 Å². The van der Waals surface area contributed by atoms with E-state index in [1.165, 1.54) is 18.3 Å². The Morgan fingerprint density at radius 1 is 1.16 bits per heavy atom. The summed E-state index contributed by atoms with van der Waals surface area (Å²) in [6.45, 7) is 0. The molecule has 0 fully saturated rings. The Morgan fingerprint density at radius 3 is 2.87 bits per heavy atom. The summed E-state index contributed by atoms with van der Waals surface area (Å²) in [6, 6.07) is 11.9. The van der Waals surface area contributed by atoms with Crippen LogP contribution in [-0.4, -0.2) is 22.2 Å². The molecule has 0 radical (unpaired) electrons. The van der Waals surface area contributed by atoms with Gasteiger partial charge in [0.15, 0.2) is 11.6 Å². The third-order valence-electron chi connectivity index (χ3n) is 4.18. The molecular weight excluding hydrogens is 444 g/mol. The topological polar surface area (TPSA) is 91.4 Å². The summed E-state index contributed by atoms with van der Waals surface area (Å²) in [5, 5.41) is 7.69. The maximum absolute atomic E-state index is 14.5. The predicted octanol–water partition coefficient (Wildman–Crippen LogP) is 5.96. The highest BCUT2D eigenvalue weighted by Gasteiger charge is 2.11. The Balaban J connectivity index is 1.40. The number of amides is 2. The molecule has 0 spiro atoms. The van der Waals surface area contributed by atoms with Crippen LogP contribution in [0.3, 0.4) is 0 Å². The van der Waals surface area contributed by atoms with Gasteiger partial charge in [0.25, 0.3) is 0 Å². The van der Waals surface area contributed by atoms with Crippen LogP contribution in [0.1, 0.15) is 5.56 Å². The first-order valence-electron chi connectivity index (χ1n) is 8.95. The smallest absolute Gasteiger partial charge is 0.339 e. The van der Waals surface area contributed by atoms with Gasteiger partial charge in [-0.1, -0.05) is 35.3 Å². The minimum absolute atomic E-state index is 0.00766. The lowest BCUT2D eigenvalue weighted by molar-refractivity contribution is 0.252. The van der Waals surface area contributed by atoms with Crippen molar-refractivity contribution in [3.63, 3.8) is 0 Å². The zero-order valence-corrected chi connectivity index (χ0v) is 17.2. The Bertz CT molecular complexity index is 1290. The molecule has 10 heteroatoms. The van der Waals surface area contributed by atoms with Crippen LogP contribution in [0.25, 0.3) is 11.0 Å². The molecule has 3 N–H and O–H groups in total. The van der Waals surface area contributed by atoms with Gasteiger partial charge in [-0.25, -0.2) is 19.6 Å². The van der Waals surface area contributed by atoms with Gasteiger partial charge in [-0.05, 0) is 30.3 Å². The summed E-state index contributed by atoms with van der Waals surface area (Å²) >= 11 is 12.0. The fourth-order valence-corrected chi connectivity index (χ4v) is 3.10. The lowest BCUT2D eigenvalue weighted by atomic mass is 10.2. The largest absolute Gasteiger partial charge is 0.453 e. The molecule has 0 aliphatic carbocycles. The van der Waals surface area contributed by atoms with Gasteiger partial charge in [-0.2, -0.15) is 5.10 Å². The quantitative estimate of drug-likeness (QED) is 0.255. The second kappa shape index (κ2) is 9.03. The van der Waals surface area contributed by atoms with Gasteiger partial charge in [0, 0.05) is 29.7 Å². The minimum atomic E-state index is -0.661. The molecule has 0 saturated heterocycles. The monoisotopic (exact) mass is 457 g/mol. The zero-order valence-electron chi connectivity index (χ0n) is 15.7. The van der Waals surface area contributed by atoms with Gasteiger partial charge in [-0.3, -0.25) is 0 Å². The highest BCUT2D eigenvalue weighted by atomic mass is 35.5. The molecule has 4 rings (SSSR count). The van der Waals surface area contributed by atoms with Crippen LogP contribution in [0.2, 0.25) is 10.0 Å². The summed E-state index contributed by atoms with van der Waals surface area (Å²) in [4.78, 5) is 19.1. The van der Waals surface area contributed by atoms with Gasteiger partial charge in [0.1, 0.15) is 11.4 Å². The number of urea groups is 1. The molecule has 31 heavy (non-hydrogen) atoms. The molecule has 2 aromatic heterocycles. The number of nitrogens with zero attached hydrogens (tertiary/aromatic N) is 2. The van der Waals surface area contributed by atoms with Crippen LogP contribution in [0, 0.1) is 5.82 Å². The van der Waals surface area contributed by atoms with Gasteiger partial charge < -0.3 is 15.0 Å². The first-order valence-corrected chi connectivity index (χ1v) is 9.70. The number of nitrogens with one attached hydrogen (secondary N) is 3. The molecule has 4 aromatic rings. The molecule has 0 unspecified atom stereocenters. The number of benzene rings is 2. The van der Waals surface area contributed by atoms with Crippen LogP contribution in [0.4, 0.5) is 14.9 Å². The molecule has 0 aliphatic heterocycles. The van der Waals surface area contributed by atoms with Gasteiger partial charge in [-0.15, -0.1) is 0 Å². The molecule has 2 heterocycles. The maximum atomic E-state index is 14.5. The van der Waals surface area contributed by atoms with E-state index in [9.17, 15) is 9.18 Å². The number of carbonyl (C=O) groups is 1. The van der Waals surface area contributed by atoms with Crippen molar-refractivity contribution in [2.45, 2.75) is 0 Å². The third kappa shape index (κ3) is 4.76. The number of anilines is 1. The van der Waals surface area contributed by atoms with E-state index in [1.807, 2.05) is 0 Å². The number of fused-ring (bicyclic) bond motifs is 1. The van der Waals surface area contributed by atoms with E-state index >= 15 is 0 Å². The van der Waals surface area contributed by atoms with E-state index in [0.717, 1.165) is 11.5 Å². The fourth-order valence-electron chi connectivity index (χ4n) is 2.74. The maximum Gasteiger partial charge on any atom is 0.339 e. The molecule has 2 aromatic carbocycles. The van der Waals surface area contributed by atoms with Crippen LogP contribution in [-0.2, 0) is 0 Å². The van der Waals surface area contributed by atoms with Crippen molar-refractivity contribution in [1.82, 2.24) is 15.4 Å². The average Bonchev–Trinajstić information content (AvgIpc) is 3.23. The predicted molar refractivity (Wildman–Crippen MR) is 119 cm³/mol. The van der Waals surface area contributed by atoms with Gasteiger partial charge in [0.05, 0.1) is 21.6 Å². The van der Waals surface area contributed by atoms with Crippen molar-refractivity contribution in [2.75, 3.05) is 5.32 Å². The van der Waals surface area contributed by atoms with Crippen molar-refractivity contribution in [2.24, 2.45) is 5.10 Å². The summed E-state index contributed by atoms with van der Waals surface area (Å²) in [6.07, 6.45) is 4.63. The fraction of sp³-hybridized carbons (Fsp3) is 0. The number of rotatable bonds is 5. The van der Waals surface area contributed by atoms with E-state index < -0.39 is 11.8 Å². The summed E-state index contributed by atoms with van der Waals surface area (Å²) in [7, 11) is 0. The molecule has 0 aliphatic rings. The first-order chi connectivity index (χ1) is 15.0. The second-order valence-corrected chi connectivity index (χ2v) is 7.05. The number of carbonyl (C=O) groups excluding carboxylic acids is 1. The number of ether oxygens (including phenoxy) is 1. The molecule has 0 bridgehead atoms. The number of pyridine rings is 1. The summed E-state index contributed by atoms with van der Waals surface area (Å²) in [5.74, 6) is -0.182. The normalized spacial score (nSPS) is 11.1. The lowest BCUT2D eigenvalue weighted by Crippen LogP contribution is -2.24. The number of hydrazone groups is 1. The lowest BCUT2D eigenvalue weighted by Gasteiger charge is -2.10. The first kappa shape index (κ1) is 20.6. The molecule has 0 atom stereocenters. The molecule has 7 nitrogen and oxygen atoms in total. The highest BCUT2D eigenvalue weighted by Crippen LogP contribution is 2.31. The van der Waals surface area contributed by atoms with Crippen molar-refractivity contribution in [3.8, 4) is 11.5 Å². The minimum Gasteiger partial charge on any atom is -0.453 e. The average molecular weight is 458 g/mol. The second-order valence-electron chi connectivity index (χ2n) is 6.26. The van der Waals surface area contributed by atoms with Crippen LogP contribution < -0.4 is 15.5 Å². The number of aromatic amines is 1. The Morgan fingerprint density at radius 2 is 2.03 bits per heavy atom. The third-order valence-corrected chi connectivity index (χ3v) is 5.01. The number of halogens is 3. The van der Waals surface area contributed by atoms with Crippen molar-refractivity contribution >= 4 is 52.2 Å². The zero-order chi connectivity index (χ0) is 21.8. The highest BCUT2D eigenvalue weighted by molar-refractivity contribution is 6.43. The molecule has 156 valence electrons. The SMILES string of the molecule is O=C(N/N=C/c1cccc(Cl)c1Cl)Nc1ccc(Oc2ccnc3[nH]ccc23)c(F)c1. The van der Waals surface area contributed by atoms with E-state index in [-0.39, 0.29) is 11.4 Å². The molecule has 0 saturated carbocycles. The molecule has 2 amide bonds. The van der Waals surface area contributed by atoms with Crippen molar-refractivity contribution in [3.05, 3.63) is 82.4 Å². The Labute approximate surface area is 185 Å². The van der Waals surface area contributed by atoms with E-state index in [2.05, 4.69) is 25.8 Å². The van der Waals surface area contributed by atoms with Crippen molar-refractivity contribution in [1.29, 1.82) is 0 Å². The summed E-state index contributed by atoms with van der Waals surface area (Å²) < 4.78 is 20.2. The number of H-pyrrole nitrogens is 1. The standard InChI is InChI=1S/C21H14Cl2FN5O2/c22-15-3-1-2-12(19(15)23)11-27-29-21(30)28-13-4-5-18(16(24)10-13)31-17-7-9-26-20-14(17)6-8-25-20/h1-11H,(H,25,26)(H2,28,29,30)/b27-11+. The Kier molecular flexibility index (Phi) is 6.01. The Hall–Kier alpha value is -3.62. The van der Waals surface area contributed by atoms with E-state index in [4.69, 9.17) is 27.9 Å². The van der Waals surface area contributed by atoms with Crippen LogP contribution in [0.5, 0.6) is 11.5 Å².